The van der Waals surface area contributed by atoms with Crippen LogP contribution in [0.3, 0.4) is 0 Å². The highest BCUT2D eigenvalue weighted by molar-refractivity contribution is 5.58. The molecule has 7 nitrogen and oxygen atoms in total. The van der Waals surface area contributed by atoms with Crippen LogP contribution in [0.1, 0.15) is 22.3 Å². The largest absolute Gasteiger partial charge is 0.504 e. The first kappa shape index (κ1) is 28.5. The molecular formula is C33H36O7. The van der Waals surface area contributed by atoms with Crippen molar-refractivity contribution in [3.05, 3.63) is 95.1 Å². The first-order valence-corrected chi connectivity index (χ1v) is 13.1. The minimum atomic E-state index is 0.00590. The second-order valence-corrected chi connectivity index (χ2v) is 9.27. The van der Waals surface area contributed by atoms with Crippen LogP contribution in [-0.4, -0.2) is 40.7 Å². The molecule has 7 heteroatoms. The van der Waals surface area contributed by atoms with Gasteiger partial charge in [0.1, 0.15) is 17.2 Å². The number of methoxy groups -OCH3 is 5. The molecular weight excluding hydrogens is 508 g/mol. The molecule has 1 N–H and O–H groups in total. The van der Waals surface area contributed by atoms with E-state index in [1.807, 2.05) is 54.6 Å². The average Bonchev–Trinajstić information content (AvgIpc) is 2.99. The Balaban J connectivity index is 1.61. The molecule has 0 spiro atoms. The molecule has 0 saturated carbocycles. The van der Waals surface area contributed by atoms with E-state index in [4.69, 9.17) is 28.4 Å². The number of aryl methyl sites for hydroxylation is 4. The van der Waals surface area contributed by atoms with Gasteiger partial charge in [0.2, 0.25) is 5.75 Å². The number of aromatic hydroxyl groups is 1. The highest BCUT2D eigenvalue weighted by atomic mass is 16.5. The fourth-order valence-corrected chi connectivity index (χ4v) is 4.62. The van der Waals surface area contributed by atoms with Crippen molar-refractivity contribution in [2.75, 3.05) is 35.5 Å². The summed E-state index contributed by atoms with van der Waals surface area (Å²) in [5, 5.41) is 10.8. The number of phenols is 1. The van der Waals surface area contributed by atoms with Gasteiger partial charge in [-0.1, -0.05) is 24.3 Å². The molecule has 4 aromatic rings. The first-order valence-electron chi connectivity index (χ1n) is 13.1. The maximum atomic E-state index is 10.8. The molecule has 0 aliphatic heterocycles. The summed E-state index contributed by atoms with van der Waals surface area (Å²) in [5.74, 6) is 3.98. The number of rotatable bonds is 13. The van der Waals surface area contributed by atoms with Crippen LogP contribution in [0.5, 0.6) is 46.0 Å². The Kier molecular flexibility index (Phi) is 9.62. The molecule has 0 radical (unpaired) electrons. The van der Waals surface area contributed by atoms with Gasteiger partial charge in [-0.2, -0.15) is 0 Å². The summed E-state index contributed by atoms with van der Waals surface area (Å²) in [6, 6.07) is 23.3. The lowest BCUT2D eigenvalue weighted by Gasteiger charge is -2.18. The Morgan fingerprint density at radius 1 is 0.500 bits per heavy atom. The molecule has 0 heterocycles. The standard InChI is InChI=1S/C33H36O7/c1-35-26-10-6-8-22(16-26)12-13-24-18-28(34)33(39-5)32(19-24)40-31-20-25(29(37-3)21-30(31)38-4)15-14-23-9-7-11-27(17-23)36-2/h6-11,16-21,34H,12-15H2,1-5H3. The molecule has 0 unspecified atom stereocenters. The van der Waals surface area contributed by atoms with Gasteiger partial charge in [-0.05, 0) is 90.4 Å². The molecule has 0 aliphatic rings. The Morgan fingerprint density at radius 2 is 1.10 bits per heavy atom. The molecule has 0 aliphatic carbocycles. The Morgan fingerprint density at radius 3 is 1.68 bits per heavy atom. The maximum absolute atomic E-state index is 10.8. The second kappa shape index (κ2) is 13.5. The molecule has 0 saturated heterocycles. The third-order valence-corrected chi connectivity index (χ3v) is 6.74. The number of phenolic OH excluding ortho intramolecular Hbond substituents is 1. The summed E-state index contributed by atoms with van der Waals surface area (Å²) in [6.45, 7) is 0. The molecule has 0 fully saturated rings. The van der Waals surface area contributed by atoms with E-state index in [1.165, 1.54) is 7.11 Å². The van der Waals surface area contributed by atoms with Gasteiger partial charge in [0.25, 0.3) is 0 Å². The summed E-state index contributed by atoms with van der Waals surface area (Å²) in [5.41, 5.74) is 4.14. The lowest BCUT2D eigenvalue weighted by molar-refractivity contribution is 0.335. The number of benzene rings is 4. The van der Waals surface area contributed by atoms with E-state index >= 15 is 0 Å². The topological polar surface area (TPSA) is 75.6 Å². The first-order chi connectivity index (χ1) is 19.5. The van der Waals surface area contributed by atoms with Gasteiger partial charge in [0, 0.05) is 6.07 Å². The van der Waals surface area contributed by atoms with E-state index in [9.17, 15) is 5.11 Å². The van der Waals surface area contributed by atoms with Crippen LogP contribution < -0.4 is 28.4 Å². The van der Waals surface area contributed by atoms with Crippen LogP contribution in [0.15, 0.2) is 72.8 Å². The van der Waals surface area contributed by atoms with E-state index in [0.717, 1.165) is 46.6 Å². The van der Waals surface area contributed by atoms with Crippen LogP contribution in [0.25, 0.3) is 0 Å². The summed E-state index contributed by atoms with van der Waals surface area (Å²) in [7, 11) is 8.04. The quantitative estimate of drug-likeness (QED) is 0.198. The number of hydrogen-bond donors (Lipinski definition) is 1. The van der Waals surface area contributed by atoms with E-state index in [1.54, 1.807) is 34.5 Å². The number of ether oxygens (including phenoxy) is 6. The maximum Gasteiger partial charge on any atom is 0.203 e. The predicted molar refractivity (Wildman–Crippen MR) is 155 cm³/mol. The van der Waals surface area contributed by atoms with Crippen molar-refractivity contribution in [3.8, 4) is 46.0 Å². The molecule has 0 amide bonds. The van der Waals surface area contributed by atoms with E-state index in [-0.39, 0.29) is 11.5 Å². The van der Waals surface area contributed by atoms with Crippen LogP contribution >= 0.6 is 0 Å². The van der Waals surface area contributed by atoms with Gasteiger partial charge < -0.3 is 33.5 Å². The Bertz CT molecular complexity index is 1430. The lowest BCUT2D eigenvalue weighted by atomic mass is 10.0. The van der Waals surface area contributed by atoms with Gasteiger partial charge in [-0.25, -0.2) is 0 Å². The number of hydrogen-bond acceptors (Lipinski definition) is 7. The average molecular weight is 545 g/mol. The molecule has 0 bridgehead atoms. The molecule has 4 rings (SSSR count). The Labute approximate surface area is 235 Å². The van der Waals surface area contributed by atoms with Crippen molar-refractivity contribution in [3.63, 3.8) is 0 Å². The fourth-order valence-electron chi connectivity index (χ4n) is 4.62. The summed E-state index contributed by atoms with van der Waals surface area (Å²) < 4.78 is 33.9. The van der Waals surface area contributed by atoms with Crippen molar-refractivity contribution in [2.24, 2.45) is 0 Å². The van der Waals surface area contributed by atoms with Crippen LogP contribution in [0, 0.1) is 0 Å². The van der Waals surface area contributed by atoms with Crippen molar-refractivity contribution in [1.82, 2.24) is 0 Å². The fraction of sp³-hybridized carbons (Fsp3) is 0.273. The summed E-state index contributed by atoms with van der Waals surface area (Å²) >= 11 is 0. The predicted octanol–water partition coefficient (Wildman–Crippen LogP) is 6.80. The zero-order chi connectivity index (χ0) is 28.5. The molecule has 210 valence electrons. The third-order valence-electron chi connectivity index (χ3n) is 6.74. The van der Waals surface area contributed by atoms with Crippen molar-refractivity contribution < 1.29 is 33.5 Å². The highest BCUT2D eigenvalue weighted by Gasteiger charge is 2.18. The minimum absolute atomic E-state index is 0.00590. The van der Waals surface area contributed by atoms with E-state index in [2.05, 4.69) is 12.1 Å². The van der Waals surface area contributed by atoms with Crippen molar-refractivity contribution in [2.45, 2.75) is 25.7 Å². The van der Waals surface area contributed by atoms with Crippen LogP contribution in [0.4, 0.5) is 0 Å². The molecule has 40 heavy (non-hydrogen) atoms. The molecule has 4 aromatic carbocycles. The van der Waals surface area contributed by atoms with Crippen molar-refractivity contribution in [1.29, 1.82) is 0 Å². The van der Waals surface area contributed by atoms with Gasteiger partial charge >= 0.3 is 0 Å². The summed E-state index contributed by atoms with van der Waals surface area (Å²) in [4.78, 5) is 0. The van der Waals surface area contributed by atoms with Gasteiger partial charge in [-0.15, -0.1) is 0 Å². The smallest absolute Gasteiger partial charge is 0.203 e. The molecule has 0 aromatic heterocycles. The Hall–Kier alpha value is -4.52. The lowest BCUT2D eigenvalue weighted by Crippen LogP contribution is -2.00. The zero-order valence-corrected chi connectivity index (χ0v) is 23.7. The summed E-state index contributed by atoms with van der Waals surface area (Å²) in [6.07, 6.45) is 2.94. The van der Waals surface area contributed by atoms with Crippen molar-refractivity contribution >= 4 is 0 Å². The monoisotopic (exact) mass is 544 g/mol. The zero-order valence-electron chi connectivity index (χ0n) is 23.7. The normalized spacial score (nSPS) is 10.6. The third kappa shape index (κ3) is 6.91. The van der Waals surface area contributed by atoms with Crippen LogP contribution in [-0.2, 0) is 25.7 Å². The van der Waals surface area contributed by atoms with E-state index in [0.29, 0.717) is 35.8 Å². The van der Waals surface area contributed by atoms with E-state index < -0.39 is 0 Å². The van der Waals surface area contributed by atoms with Crippen LogP contribution in [0.2, 0.25) is 0 Å². The SMILES string of the molecule is COc1cccc(CCc2cc(O)c(OC)c(Oc3cc(CCc4cccc(OC)c4)c(OC)cc3OC)c2)c1. The molecule has 0 atom stereocenters. The highest BCUT2D eigenvalue weighted by Crippen LogP contribution is 2.44. The van der Waals surface area contributed by atoms with Gasteiger partial charge in [0.15, 0.2) is 23.0 Å². The minimum Gasteiger partial charge on any atom is -0.504 e. The van der Waals surface area contributed by atoms with Gasteiger partial charge in [-0.3, -0.25) is 0 Å². The van der Waals surface area contributed by atoms with Gasteiger partial charge in [0.05, 0.1) is 35.5 Å². The second-order valence-electron chi connectivity index (χ2n) is 9.27.